The highest BCUT2D eigenvalue weighted by Crippen LogP contribution is 2.34. The molecule has 0 atom stereocenters. The van der Waals surface area contributed by atoms with Crippen LogP contribution >= 0.6 is 11.6 Å². The molecule has 332 valence electrons. The number of halogens is 3. The third-order valence-electron chi connectivity index (χ3n) is 13.6. The summed E-state index contributed by atoms with van der Waals surface area (Å²) < 4.78 is 31.8. The molecule has 2 aromatic heterocycles. The number of hydrogen-bond donors (Lipinski definition) is 1. The molecule has 0 spiro atoms. The molecule has 2 saturated heterocycles. The van der Waals surface area contributed by atoms with Gasteiger partial charge in [-0.25, -0.2) is 18.7 Å². The van der Waals surface area contributed by atoms with E-state index in [1.807, 2.05) is 42.5 Å². The molecule has 0 bridgehead atoms. The Morgan fingerprint density at radius 1 is 0.571 bits per heavy atom. The van der Waals surface area contributed by atoms with Crippen LogP contribution in [0.25, 0.3) is 22.1 Å². The van der Waals surface area contributed by atoms with E-state index in [0.29, 0.717) is 30.8 Å². The predicted octanol–water partition coefficient (Wildman–Crippen LogP) is 11.5. The lowest BCUT2D eigenvalue weighted by Crippen LogP contribution is -2.42. The number of nitrogens with one attached hydrogen (secondary N) is 1. The van der Waals surface area contributed by atoms with Gasteiger partial charge in [0, 0.05) is 49.9 Å². The molecule has 4 heterocycles. The first-order valence-corrected chi connectivity index (χ1v) is 23.8. The molecule has 4 aromatic carbocycles. The average molecular weight is 876 g/mol. The molecule has 63 heavy (non-hydrogen) atoms. The van der Waals surface area contributed by atoms with Crippen LogP contribution in [0.1, 0.15) is 125 Å². The summed E-state index contributed by atoms with van der Waals surface area (Å²) >= 11 is 5.32. The predicted molar refractivity (Wildman–Crippen MR) is 248 cm³/mol. The Morgan fingerprint density at radius 3 is 1.49 bits per heavy atom. The number of imidazole rings is 2. The fourth-order valence-electron chi connectivity index (χ4n) is 10.2. The Balaban J connectivity index is 0.000000149. The summed E-state index contributed by atoms with van der Waals surface area (Å²) in [4.78, 5) is 35.5. The maximum Gasteiger partial charge on any atom is 0.225 e. The van der Waals surface area contributed by atoms with Gasteiger partial charge >= 0.3 is 0 Å². The highest BCUT2D eigenvalue weighted by Gasteiger charge is 2.32. The minimum Gasteiger partial charge on any atom is -0.342 e. The summed E-state index contributed by atoms with van der Waals surface area (Å²) in [6.45, 7) is 4.96. The third kappa shape index (κ3) is 11.4. The first-order valence-electron chi connectivity index (χ1n) is 23.4. The SMILES string of the molecule is Fc1cccc(Cn2c(C3CCNCC3)nc3ccccc32)c1.O=C(C1CCCCC1)N1CCC(c2nc3ccccc3n2Cc2cccc(F)c2)CC1.O=C(Cl)C1CCCCC1. The number of benzene rings is 4. The molecule has 0 unspecified atom stereocenters. The lowest BCUT2D eigenvalue weighted by Gasteiger charge is -2.35. The minimum absolute atomic E-state index is 0.130. The lowest BCUT2D eigenvalue weighted by atomic mass is 9.87. The van der Waals surface area contributed by atoms with Crippen LogP contribution in [-0.4, -0.2) is 61.3 Å². The zero-order chi connectivity index (χ0) is 43.5. The van der Waals surface area contributed by atoms with E-state index in [0.717, 1.165) is 122 Å². The number of carbonyl (C=O) groups excluding carboxylic acids is 2. The Hall–Kier alpha value is -4.93. The average Bonchev–Trinajstić information content (AvgIpc) is 3.88. The molecule has 4 aliphatic rings. The van der Waals surface area contributed by atoms with Crippen molar-refractivity contribution in [1.29, 1.82) is 0 Å². The van der Waals surface area contributed by atoms with Crippen LogP contribution in [0.3, 0.4) is 0 Å². The Labute approximate surface area is 375 Å². The number of amides is 1. The smallest absolute Gasteiger partial charge is 0.225 e. The molecule has 8 nitrogen and oxygen atoms in total. The number of para-hydroxylation sites is 4. The molecule has 10 rings (SSSR count). The summed E-state index contributed by atoms with van der Waals surface area (Å²) in [6, 6.07) is 30.1. The number of nitrogens with zero attached hydrogens (tertiary/aromatic N) is 5. The van der Waals surface area contributed by atoms with Crippen molar-refractivity contribution in [2.45, 2.75) is 115 Å². The largest absolute Gasteiger partial charge is 0.342 e. The normalized spacial score (nSPS) is 18.1. The highest BCUT2D eigenvalue weighted by molar-refractivity contribution is 6.63. The quantitative estimate of drug-likeness (QED) is 0.154. The maximum atomic E-state index is 13.8. The standard InChI is InChI=1S/C26H30FN3O.C19H20FN3.C7H11ClO/c27-22-10-6-7-19(17-22)18-30-24-12-5-4-11-23(24)28-25(30)20-13-15-29(16-14-20)26(31)21-8-2-1-3-9-21;20-16-5-3-4-14(12-16)13-23-18-7-2-1-6-17(18)22-19(23)15-8-10-21-11-9-15;8-7(9)6-4-2-1-3-5-6/h4-7,10-12,17,20-21H,1-3,8-9,13-16,18H2;1-7,12,15,21H,8-11,13H2;6H,1-5H2. The number of rotatable bonds is 8. The van der Waals surface area contributed by atoms with E-state index in [2.05, 4.69) is 37.5 Å². The van der Waals surface area contributed by atoms with E-state index in [1.165, 1.54) is 50.7 Å². The number of hydrogen-bond acceptors (Lipinski definition) is 5. The molecule has 4 fully saturated rings. The van der Waals surface area contributed by atoms with Gasteiger partial charge in [-0.05, 0) is 136 Å². The topological polar surface area (TPSA) is 85.1 Å². The molecule has 2 aliphatic carbocycles. The molecule has 1 N–H and O–H groups in total. The maximum absolute atomic E-state index is 13.8. The van der Waals surface area contributed by atoms with Crippen molar-refractivity contribution < 1.29 is 18.4 Å². The molecule has 11 heteroatoms. The van der Waals surface area contributed by atoms with Crippen molar-refractivity contribution in [2.75, 3.05) is 26.2 Å². The Bertz CT molecular complexity index is 2440. The summed E-state index contributed by atoms with van der Waals surface area (Å²) in [5, 5.41) is 3.28. The summed E-state index contributed by atoms with van der Waals surface area (Å²) in [7, 11) is 0. The van der Waals surface area contributed by atoms with Crippen molar-refractivity contribution >= 4 is 44.8 Å². The van der Waals surface area contributed by atoms with Crippen LogP contribution in [0, 0.1) is 23.5 Å². The molecule has 6 aromatic rings. The first-order chi connectivity index (χ1) is 30.8. The molecular formula is C52H61ClF2N6O2. The van der Waals surface area contributed by atoms with Gasteiger partial charge in [-0.1, -0.05) is 87.1 Å². The van der Waals surface area contributed by atoms with E-state index in [9.17, 15) is 18.4 Å². The number of carbonyl (C=O) groups is 2. The van der Waals surface area contributed by atoms with Gasteiger partial charge in [-0.15, -0.1) is 0 Å². The van der Waals surface area contributed by atoms with Crippen LogP contribution < -0.4 is 5.32 Å². The van der Waals surface area contributed by atoms with Crippen molar-refractivity contribution in [2.24, 2.45) is 11.8 Å². The summed E-state index contributed by atoms with van der Waals surface area (Å²) in [5.74, 6) is 3.38. The molecule has 2 saturated carbocycles. The lowest BCUT2D eigenvalue weighted by molar-refractivity contribution is -0.137. The van der Waals surface area contributed by atoms with E-state index >= 15 is 0 Å². The van der Waals surface area contributed by atoms with Gasteiger partial charge in [0.1, 0.15) is 23.3 Å². The summed E-state index contributed by atoms with van der Waals surface area (Å²) in [5.41, 5.74) is 6.14. The van der Waals surface area contributed by atoms with Crippen LogP contribution in [0.5, 0.6) is 0 Å². The Morgan fingerprint density at radius 2 is 1.03 bits per heavy atom. The number of likely N-dealkylation sites (tertiary alicyclic amines) is 1. The van der Waals surface area contributed by atoms with E-state index in [1.54, 1.807) is 24.3 Å². The van der Waals surface area contributed by atoms with Gasteiger partial charge in [0.15, 0.2) is 0 Å². The minimum atomic E-state index is -0.210. The van der Waals surface area contributed by atoms with Gasteiger partial charge in [0.25, 0.3) is 0 Å². The number of piperidine rings is 2. The number of aromatic nitrogens is 4. The second-order valence-electron chi connectivity index (χ2n) is 17.9. The number of fused-ring (bicyclic) bond motifs is 2. The van der Waals surface area contributed by atoms with Crippen molar-refractivity contribution in [3.63, 3.8) is 0 Å². The van der Waals surface area contributed by atoms with Crippen LogP contribution in [0.2, 0.25) is 0 Å². The van der Waals surface area contributed by atoms with Crippen molar-refractivity contribution in [3.05, 3.63) is 131 Å². The van der Waals surface area contributed by atoms with Gasteiger partial charge < -0.3 is 19.4 Å². The van der Waals surface area contributed by atoms with Gasteiger partial charge in [0.05, 0.1) is 22.1 Å². The fourth-order valence-corrected chi connectivity index (χ4v) is 10.4. The second kappa shape index (κ2) is 21.6. The van der Waals surface area contributed by atoms with Crippen molar-refractivity contribution in [3.8, 4) is 0 Å². The molecule has 2 aliphatic heterocycles. The van der Waals surface area contributed by atoms with Gasteiger partial charge in [-0.3, -0.25) is 9.59 Å². The van der Waals surface area contributed by atoms with Gasteiger partial charge in [0.2, 0.25) is 11.1 Å². The second-order valence-corrected chi connectivity index (χ2v) is 18.3. The zero-order valence-electron chi connectivity index (χ0n) is 36.4. The van der Waals surface area contributed by atoms with Crippen LogP contribution in [-0.2, 0) is 22.7 Å². The van der Waals surface area contributed by atoms with E-state index in [-0.39, 0.29) is 28.7 Å². The molecular weight excluding hydrogens is 814 g/mol. The fraction of sp³-hybridized carbons (Fsp3) is 0.462. The highest BCUT2D eigenvalue weighted by atomic mass is 35.5. The molecule has 0 radical (unpaired) electrons. The zero-order valence-corrected chi connectivity index (χ0v) is 37.1. The summed E-state index contributed by atoms with van der Waals surface area (Å²) in [6.07, 6.45) is 15.5. The van der Waals surface area contributed by atoms with Crippen LogP contribution in [0.15, 0.2) is 97.1 Å². The van der Waals surface area contributed by atoms with Crippen molar-refractivity contribution in [1.82, 2.24) is 29.3 Å². The monoisotopic (exact) mass is 874 g/mol. The van der Waals surface area contributed by atoms with E-state index < -0.39 is 0 Å². The van der Waals surface area contributed by atoms with E-state index in [4.69, 9.17) is 21.6 Å². The van der Waals surface area contributed by atoms with Crippen LogP contribution in [0.4, 0.5) is 8.78 Å². The third-order valence-corrected chi connectivity index (χ3v) is 13.9. The van der Waals surface area contributed by atoms with Gasteiger partial charge in [-0.2, -0.15) is 0 Å². The Kier molecular flexibility index (Phi) is 15.3. The first kappa shape index (κ1) is 44.7. The molecule has 1 amide bonds.